The summed E-state index contributed by atoms with van der Waals surface area (Å²) in [7, 11) is 0. The second kappa shape index (κ2) is 44.7. The van der Waals surface area contributed by atoms with Crippen molar-refractivity contribution in [1.82, 2.24) is 0 Å². The van der Waals surface area contributed by atoms with E-state index in [0.717, 1.165) is 116 Å². The maximum atomic E-state index is 13.0. The summed E-state index contributed by atoms with van der Waals surface area (Å²) in [6.07, 6.45) is 45.6. The Hall–Kier alpha value is -3.61. The monoisotopic (exact) mass is 1030 g/mol. The third-order valence-electron chi connectivity index (χ3n) is 12.0. The van der Waals surface area contributed by atoms with E-state index in [2.05, 4.69) is 135 Å². The molecule has 2 rings (SSSR count). The van der Waals surface area contributed by atoms with Crippen molar-refractivity contribution in [2.24, 2.45) is 0 Å². The van der Waals surface area contributed by atoms with Gasteiger partial charge in [-0.25, -0.2) is 0 Å². The normalized spacial score (nSPS) is 25.9. The number of hydrogen-bond acceptors (Lipinski definition) is 14. The number of carbonyl (C=O) groups is 1. The van der Waals surface area contributed by atoms with Crippen molar-refractivity contribution in [3.8, 4) is 0 Å². The molecular formula is C59H94O14. The molecule has 2 aliphatic heterocycles. The van der Waals surface area contributed by atoms with Gasteiger partial charge in [0.1, 0.15) is 54.9 Å². The second-order valence-corrected chi connectivity index (χ2v) is 18.3. The minimum atomic E-state index is -1.73. The van der Waals surface area contributed by atoms with Crippen LogP contribution in [-0.2, 0) is 33.2 Å². The number of rotatable bonds is 41. The SMILES string of the molecule is CC/C=C\C/C=C\C/C=C\C/C=C\C/C=C\C/C=C\CCCCCCCCC(=O)OC(COCCC/C=C\C/C=C\C/C=C\C/C=C\CC)COC1OC(COC2OC(CO)C(O)C(O)C2O)C(O)C(O)C1O. The molecule has 0 saturated carbocycles. The summed E-state index contributed by atoms with van der Waals surface area (Å²) in [6.45, 7) is 3.25. The Labute approximate surface area is 437 Å². The average molecular weight is 1030 g/mol. The molecule has 0 bridgehead atoms. The zero-order chi connectivity index (χ0) is 53.0. The second-order valence-electron chi connectivity index (χ2n) is 18.3. The molecule has 2 fully saturated rings. The van der Waals surface area contributed by atoms with Crippen molar-refractivity contribution < 1.29 is 69.0 Å². The van der Waals surface area contributed by atoms with Gasteiger partial charge in [0.25, 0.3) is 0 Å². The predicted octanol–water partition coefficient (Wildman–Crippen LogP) is 8.96. The van der Waals surface area contributed by atoms with E-state index in [1.54, 1.807) is 0 Å². The van der Waals surface area contributed by atoms with E-state index in [9.17, 15) is 40.5 Å². The van der Waals surface area contributed by atoms with Gasteiger partial charge >= 0.3 is 5.97 Å². The van der Waals surface area contributed by atoms with Crippen molar-refractivity contribution in [2.75, 3.05) is 33.0 Å². The maximum absolute atomic E-state index is 13.0. The van der Waals surface area contributed by atoms with E-state index >= 15 is 0 Å². The van der Waals surface area contributed by atoms with Crippen LogP contribution in [0.2, 0.25) is 0 Å². The van der Waals surface area contributed by atoms with Gasteiger partial charge in [-0.1, -0.05) is 161 Å². The van der Waals surface area contributed by atoms with Crippen LogP contribution in [0.5, 0.6) is 0 Å². The van der Waals surface area contributed by atoms with Crippen molar-refractivity contribution >= 4 is 5.97 Å². The molecule has 14 nitrogen and oxygen atoms in total. The van der Waals surface area contributed by atoms with Crippen LogP contribution in [0, 0.1) is 0 Å². The van der Waals surface area contributed by atoms with E-state index in [4.69, 9.17) is 28.4 Å². The fourth-order valence-electron chi connectivity index (χ4n) is 7.64. The van der Waals surface area contributed by atoms with Crippen LogP contribution in [0.4, 0.5) is 0 Å². The van der Waals surface area contributed by atoms with Crippen molar-refractivity contribution in [3.05, 3.63) is 122 Å². The lowest BCUT2D eigenvalue weighted by Gasteiger charge is -2.42. The van der Waals surface area contributed by atoms with Crippen LogP contribution in [0.3, 0.4) is 0 Å². The van der Waals surface area contributed by atoms with Gasteiger partial charge in [0, 0.05) is 13.0 Å². The van der Waals surface area contributed by atoms with Crippen LogP contribution in [0.15, 0.2) is 122 Å². The Morgan fingerprint density at radius 1 is 0.452 bits per heavy atom. The van der Waals surface area contributed by atoms with Crippen molar-refractivity contribution in [1.29, 1.82) is 0 Å². The lowest BCUT2D eigenvalue weighted by atomic mass is 9.98. The van der Waals surface area contributed by atoms with Gasteiger partial charge in [-0.2, -0.15) is 0 Å². The molecule has 11 unspecified atom stereocenters. The molecule has 0 radical (unpaired) electrons. The predicted molar refractivity (Wildman–Crippen MR) is 288 cm³/mol. The van der Waals surface area contributed by atoms with E-state index in [1.807, 2.05) is 0 Å². The van der Waals surface area contributed by atoms with Crippen molar-refractivity contribution in [2.45, 2.75) is 210 Å². The highest BCUT2D eigenvalue weighted by Crippen LogP contribution is 2.26. The third kappa shape index (κ3) is 31.8. The molecule has 7 N–H and O–H groups in total. The van der Waals surface area contributed by atoms with Gasteiger partial charge in [-0.05, 0) is 96.3 Å². The van der Waals surface area contributed by atoms with Gasteiger partial charge in [0.05, 0.1) is 26.4 Å². The molecule has 11 atom stereocenters. The van der Waals surface area contributed by atoms with Crippen LogP contribution in [0.1, 0.15) is 142 Å². The molecule has 0 aromatic rings. The molecule has 414 valence electrons. The number of allylic oxidation sites excluding steroid dienone is 20. The summed E-state index contributed by atoms with van der Waals surface area (Å²) >= 11 is 0. The summed E-state index contributed by atoms with van der Waals surface area (Å²) < 4.78 is 34.2. The molecular weight excluding hydrogens is 933 g/mol. The Balaban J connectivity index is 1.75. The molecule has 14 heteroatoms. The fraction of sp³-hybridized carbons (Fsp3) is 0.644. The third-order valence-corrected chi connectivity index (χ3v) is 12.0. The first-order chi connectivity index (χ1) is 35.6. The minimum Gasteiger partial charge on any atom is -0.457 e. The number of ether oxygens (including phenoxy) is 6. The molecule has 0 amide bonds. The molecule has 2 saturated heterocycles. The Kier molecular flexibility index (Phi) is 40.1. The highest BCUT2D eigenvalue weighted by Gasteiger charge is 2.47. The summed E-state index contributed by atoms with van der Waals surface area (Å²) in [6, 6.07) is 0. The van der Waals surface area contributed by atoms with E-state index < -0.39 is 86.7 Å². The Morgan fingerprint density at radius 2 is 0.849 bits per heavy atom. The largest absolute Gasteiger partial charge is 0.457 e. The number of unbranched alkanes of at least 4 members (excludes halogenated alkanes) is 7. The highest BCUT2D eigenvalue weighted by atomic mass is 16.7. The number of esters is 1. The standard InChI is InChI=1S/C59H94O14/c1-3-5-7-9-11-13-15-17-19-20-21-22-23-24-25-26-27-28-29-30-32-34-36-38-40-42-51(61)71-48(45-68-43-41-39-37-35-33-31-18-16-14-12-10-8-6-4-2)46-69-58-57(67)55(65)53(63)50(73-58)47-70-59-56(66)54(64)52(62)49(44-60)72-59/h5-8,11-14,17-19,21-22,24-25,27-28,31,35,37,48-50,52-60,62-67H,3-4,9-10,15-16,20,23,26,29-30,32-34,36,38-47H2,1-2H3/b7-5-,8-6-,13-11-,14-12-,19-17-,22-21-,25-24-,28-27-,31-18-,37-35-. The maximum Gasteiger partial charge on any atom is 0.306 e. The Bertz CT molecular complexity index is 1660. The molecule has 0 aromatic heterocycles. The van der Waals surface area contributed by atoms with E-state index in [1.165, 1.54) is 0 Å². The average Bonchev–Trinajstić information content (AvgIpc) is 3.39. The Morgan fingerprint density at radius 3 is 1.33 bits per heavy atom. The first-order valence-corrected chi connectivity index (χ1v) is 27.1. The summed E-state index contributed by atoms with van der Waals surface area (Å²) in [5, 5.41) is 72.2. The van der Waals surface area contributed by atoms with Gasteiger partial charge in [0.2, 0.25) is 0 Å². The van der Waals surface area contributed by atoms with Gasteiger partial charge in [-0.15, -0.1) is 0 Å². The first-order valence-electron chi connectivity index (χ1n) is 27.1. The van der Waals surface area contributed by atoms with E-state index in [-0.39, 0.29) is 19.6 Å². The lowest BCUT2D eigenvalue weighted by Crippen LogP contribution is -2.61. The van der Waals surface area contributed by atoms with Crippen LogP contribution in [-0.4, -0.2) is 142 Å². The molecule has 0 aromatic carbocycles. The summed E-state index contributed by atoms with van der Waals surface area (Å²) in [5.41, 5.74) is 0. The number of aliphatic hydroxyl groups is 7. The first kappa shape index (κ1) is 65.5. The zero-order valence-electron chi connectivity index (χ0n) is 44.1. The van der Waals surface area contributed by atoms with Crippen LogP contribution < -0.4 is 0 Å². The molecule has 2 heterocycles. The van der Waals surface area contributed by atoms with Gasteiger partial charge in [0.15, 0.2) is 12.6 Å². The number of aliphatic hydroxyl groups excluding tert-OH is 7. The topological polar surface area (TPSA) is 214 Å². The highest BCUT2D eigenvalue weighted by molar-refractivity contribution is 5.69. The van der Waals surface area contributed by atoms with Crippen LogP contribution in [0.25, 0.3) is 0 Å². The zero-order valence-corrected chi connectivity index (χ0v) is 44.1. The number of carbonyl (C=O) groups excluding carboxylic acids is 1. The minimum absolute atomic E-state index is 0.00829. The summed E-state index contributed by atoms with van der Waals surface area (Å²) in [4.78, 5) is 13.0. The molecule has 73 heavy (non-hydrogen) atoms. The summed E-state index contributed by atoms with van der Waals surface area (Å²) in [5.74, 6) is -0.416. The molecule has 0 spiro atoms. The smallest absolute Gasteiger partial charge is 0.306 e. The van der Waals surface area contributed by atoms with Gasteiger partial charge in [-0.3, -0.25) is 4.79 Å². The van der Waals surface area contributed by atoms with Crippen molar-refractivity contribution in [3.63, 3.8) is 0 Å². The molecule has 0 aliphatic carbocycles. The fourth-order valence-corrected chi connectivity index (χ4v) is 7.64. The van der Waals surface area contributed by atoms with E-state index in [0.29, 0.717) is 13.0 Å². The lowest BCUT2D eigenvalue weighted by molar-refractivity contribution is -0.332. The number of hydrogen-bond donors (Lipinski definition) is 7. The van der Waals surface area contributed by atoms with Crippen LogP contribution >= 0.6 is 0 Å². The molecule has 2 aliphatic rings. The van der Waals surface area contributed by atoms with Gasteiger partial charge < -0.3 is 64.2 Å². The quantitative estimate of drug-likeness (QED) is 0.0173.